The summed E-state index contributed by atoms with van der Waals surface area (Å²) in [5, 5.41) is 3.32. The smallest absolute Gasteiger partial charge is 0.322 e. The third-order valence-electron chi connectivity index (χ3n) is 6.47. The Labute approximate surface area is 230 Å². The Balaban J connectivity index is 1.83. The van der Waals surface area contributed by atoms with Crippen LogP contribution >= 0.6 is 11.6 Å². The topological polar surface area (TPSA) is 76.5 Å². The van der Waals surface area contributed by atoms with Crippen molar-refractivity contribution in [3.63, 3.8) is 0 Å². The minimum atomic E-state index is -0.891. The van der Waals surface area contributed by atoms with E-state index in [2.05, 4.69) is 5.32 Å². The minimum Gasteiger partial charge on any atom is -0.497 e. The molecule has 1 aromatic heterocycles. The van der Waals surface area contributed by atoms with E-state index >= 15 is 0 Å². The molecular formula is C29H29ClF2N4O3. The number of methoxy groups -OCH3 is 1. The van der Waals surface area contributed by atoms with Gasteiger partial charge in [0, 0.05) is 17.6 Å². The summed E-state index contributed by atoms with van der Waals surface area (Å²) in [5.74, 6) is -0.727. The highest BCUT2D eigenvalue weighted by Crippen LogP contribution is 2.27. The van der Waals surface area contributed by atoms with E-state index in [0.717, 1.165) is 18.9 Å². The molecule has 0 saturated heterocycles. The number of urea groups is 1. The number of halogens is 3. The number of carbonyl (C=O) groups is 1. The van der Waals surface area contributed by atoms with Crippen LogP contribution in [0.2, 0.25) is 5.02 Å². The van der Waals surface area contributed by atoms with Crippen LogP contribution in [-0.2, 0) is 0 Å². The summed E-state index contributed by atoms with van der Waals surface area (Å²) in [5.41, 5.74) is 0.435. The number of fused-ring (bicyclic) bond motifs is 1. The van der Waals surface area contributed by atoms with Crippen molar-refractivity contribution in [1.82, 2.24) is 14.5 Å². The maximum atomic E-state index is 14.4. The van der Waals surface area contributed by atoms with E-state index < -0.39 is 23.7 Å². The Morgan fingerprint density at radius 1 is 1.10 bits per heavy atom. The van der Waals surface area contributed by atoms with E-state index in [1.165, 1.54) is 15.5 Å². The molecule has 0 aliphatic carbocycles. The number of ether oxygens (including phenoxy) is 1. The molecule has 2 amide bonds. The van der Waals surface area contributed by atoms with Crippen LogP contribution in [0.15, 0.2) is 65.5 Å². The number of amides is 2. The highest BCUT2D eigenvalue weighted by Gasteiger charge is 2.27. The molecule has 4 rings (SSSR count). The molecule has 1 N–H and O–H groups in total. The predicted molar refractivity (Wildman–Crippen MR) is 149 cm³/mol. The molecule has 0 bridgehead atoms. The molecule has 0 aliphatic rings. The van der Waals surface area contributed by atoms with Crippen LogP contribution < -0.4 is 15.6 Å². The fourth-order valence-corrected chi connectivity index (χ4v) is 4.52. The lowest BCUT2D eigenvalue weighted by Crippen LogP contribution is -2.40. The van der Waals surface area contributed by atoms with Gasteiger partial charge in [-0.3, -0.25) is 9.36 Å². The van der Waals surface area contributed by atoms with Crippen LogP contribution in [0.4, 0.5) is 19.3 Å². The van der Waals surface area contributed by atoms with Gasteiger partial charge in [0.25, 0.3) is 5.56 Å². The van der Waals surface area contributed by atoms with Gasteiger partial charge in [-0.1, -0.05) is 31.4 Å². The molecule has 10 heteroatoms. The number of hydrogen-bond donors (Lipinski definition) is 1. The molecule has 0 saturated carbocycles. The molecule has 3 aromatic carbocycles. The summed E-state index contributed by atoms with van der Waals surface area (Å²) < 4.78 is 34.5. The average molecular weight is 555 g/mol. The van der Waals surface area contributed by atoms with Gasteiger partial charge in [-0.15, -0.1) is 0 Å². The molecule has 1 unspecified atom stereocenters. The minimum absolute atomic E-state index is 0.153. The predicted octanol–water partition coefficient (Wildman–Crippen LogP) is 7.11. The second-order valence-corrected chi connectivity index (χ2v) is 9.54. The zero-order valence-corrected chi connectivity index (χ0v) is 22.6. The Morgan fingerprint density at radius 3 is 2.51 bits per heavy atom. The third-order valence-corrected chi connectivity index (χ3v) is 6.70. The van der Waals surface area contributed by atoms with Gasteiger partial charge in [-0.05, 0) is 67.9 Å². The quantitative estimate of drug-likeness (QED) is 0.224. The highest BCUT2D eigenvalue weighted by atomic mass is 35.5. The van der Waals surface area contributed by atoms with Crippen molar-refractivity contribution >= 4 is 34.2 Å². The molecule has 204 valence electrons. The Kier molecular flexibility index (Phi) is 8.81. The number of benzene rings is 3. The van der Waals surface area contributed by atoms with Crippen molar-refractivity contribution in [3.05, 3.63) is 93.5 Å². The number of nitrogens with zero attached hydrogens (tertiary/aromatic N) is 3. The van der Waals surface area contributed by atoms with E-state index in [0.29, 0.717) is 52.2 Å². The zero-order chi connectivity index (χ0) is 28.1. The van der Waals surface area contributed by atoms with E-state index in [1.807, 2.05) is 6.92 Å². The zero-order valence-electron chi connectivity index (χ0n) is 21.9. The Morgan fingerprint density at radius 2 is 1.85 bits per heavy atom. The van der Waals surface area contributed by atoms with Gasteiger partial charge >= 0.3 is 6.03 Å². The second-order valence-electron chi connectivity index (χ2n) is 9.10. The van der Waals surface area contributed by atoms with Gasteiger partial charge in [0.15, 0.2) is 0 Å². The SMILES string of the molecule is CCCCCN(C(=O)Nc1ccc(F)cc1F)C(C)c1nc2cc(Cl)ccc2c(=O)n1-c1ccc(OC)cc1. The van der Waals surface area contributed by atoms with E-state index in [4.69, 9.17) is 21.3 Å². The Hall–Kier alpha value is -3.98. The van der Waals surface area contributed by atoms with Crippen LogP contribution in [0, 0.1) is 11.6 Å². The van der Waals surface area contributed by atoms with Crippen LogP contribution in [0.1, 0.15) is 45.0 Å². The molecular weight excluding hydrogens is 526 g/mol. The fourth-order valence-electron chi connectivity index (χ4n) is 4.36. The van der Waals surface area contributed by atoms with Gasteiger partial charge in [-0.25, -0.2) is 18.6 Å². The summed E-state index contributed by atoms with van der Waals surface area (Å²) >= 11 is 6.21. The van der Waals surface area contributed by atoms with Crippen LogP contribution in [0.5, 0.6) is 5.75 Å². The van der Waals surface area contributed by atoms with Gasteiger partial charge in [0.2, 0.25) is 0 Å². The maximum absolute atomic E-state index is 14.4. The first-order valence-corrected chi connectivity index (χ1v) is 13.0. The van der Waals surface area contributed by atoms with Crippen molar-refractivity contribution < 1.29 is 18.3 Å². The highest BCUT2D eigenvalue weighted by molar-refractivity contribution is 6.31. The number of rotatable bonds is 9. The molecule has 0 aliphatic heterocycles. The van der Waals surface area contributed by atoms with Crippen molar-refractivity contribution in [2.75, 3.05) is 19.0 Å². The first-order chi connectivity index (χ1) is 18.7. The largest absolute Gasteiger partial charge is 0.497 e. The van der Waals surface area contributed by atoms with Crippen LogP contribution in [0.25, 0.3) is 16.6 Å². The summed E-state index contributed by atoms with van der Waals surface area (Å²) in [7, 11) is 1.55. The lowest BCUT2D eigenvalue weighted by Gasteiger charge is -2.31. The van der Waals surface area contributed by atoms with Gasteiger partial charge in [0.05, 0.1) is 35.4 Å². The normalized spacial score (nSPS) is 11.8. The van der Waals surface area contributed by atoms with Crippen molar-refractivity contribution in [3.8, 4) is 11.4 Å². The van der Waals surface area contributed by atoms with Crippen molar-refractivity contribution in [1.29, 1.82) is 0 Å². The molecule has 0 fully saturated rings. The van der Waals surface area contributed by atoms with Gasteiger partial charge in [-0.2, -0.15) is 0 Å². The molecule has 0 radical (unpaired) electrons. The number of anilines is 1. The second kappa shape index (κ2) is 12.3. The third kappa shape index (κ3) is 6.20. The molecule has 4 aromatic rings. The van der Waals surface area contributed by atoms with Gasteiger partial charge < -0.3 is 15.0 Å². The van der Waals surface area contributed by atoms with E-state index in [-0.39, 0.29) is 11.2 Å². The standard InChI is InChI=1S/C29H29ClF2N4O3/c1-4-5-6-15-35(29(38)34-25-14-8-20(31)17-24(25)32)18(2)27-33-26-16-19(30)7-13-23(26)28(37)36(27)21-9-11-22(39-3)12-10-21/h7-14,16-18H,4-6,15H2,1-3H3,(H,34,38). The maximum Gasteiger partial charge on any atom is 0.322 e. The summed E-state index contributed by atoms with van der Waals surface area (Å²) in [4.78, 5) is 33.6. The van der Waals surface area contributed by atoms with Crippen molar-refractivity contribution in [2.24, 2.45) is 0 Å². The number of aromatic nitrogens is 2. The molecule has 1 atom stereocenters. The fraction of sp³-hybridized carbons (Fsp3) is 0.276. The summed E-state index contributed by atoms with van der Waals surface area (Å²) in [6.45, 7) is 4.11. The Bertz CT molecular complexity index is 1540. The summed E-state index contributed by atoms with van der Waals surface area (Å²) in [6, 6.07) is 13.4. The van der Waals surface area contributed by atoms with E-state index in [9.17, 15) is 18.4 Å². The molecule has 1 heterocycles. The molecule has 39 heavy (non-hydrogen) atoms. The lowest BCUT2D eigenvalue weighted by molar-refractivity contribution is 0.187. The molecule has 7 nitrogen and oxygen atoms in total. The van der Waals surface area contributed by atoms with Crippen LogP contribution in [0.3, 0.4) is 0 Å². The number of nitrogens with one attached hydrogen (secondary N) is 1. The number of unbranched alkanes of at least 4 members (excludes halogenated alkanes) is 2. The first-order valence-electron chi connectivity index (χ1n) is 12.6. The summed E-state index contributed by atoms with van der Waals surface area (Å²) in [6.07, 6.45) is 2.44. The number of carbonyl (C=O) groups excluding carboxylic acids is 1. The van der Waals surface area contributed by atoms with Crippen LogP contribution in [-0.4, -0.2) is 34.1 Å². The average Bonchev–Trinajstić information content (AvgIpc) is 2.92. The first kappa shape index (κ1) is 28.0. The molecule has 0 spiro atoms. The van der Waals surface area contributed by atoms with Crippen molar-refractivity contribution in [2.45, 2.75) is 39.2 Å². The van der Waals surface area contributed by atoms with E-state index in [1.54, 1.807) is 56.5 Å². The van der Waals surface area contributed by atoms with Gasteiger partial charge in [0.1, 0.15) is 23.2 Å². The number of hydrogen-bond acceptors (Lipinski definition) is 4. The lowest BCUT2D eigenvalue weighted by atomic mass is 10.1. The monoisotopic (exact) mass is 554 g/mol.